The number of ether oxygens (including phenoxy) is 1. The lowest BCUT2D eigenvalue weighted by atomic mass is 9.80. The predicted octanol–water partition coefficient (Wildman–Crippen LogP) is 4.79. The number of alkyl halides is 4. The van der Waals surface area contributed by atoms with Gasteiger partial charge in [-0.05, 0) is 12.3 Å². The van der Waals surface area contributed by atoms with Crippen LogP contribution in [0, 0.1) is 11.8 Å². The Morgan fingerprint density at radius 3 is 2.32 bits per heavy atom. The Labute approximate surface area is 140 Å². The van der Waals surface area contributed by atoms with Crippen molar-refractivity contribution in [3.05, 3.63) is 22.2 Å². The fourth-order valence-electron chi connectivity index (χ4n) is 3.71. The third kappa shape index (κ3) is 1.29. The van der Waals surface area contributed by atoms with Crippen molar-refractivity contribution in [2.45, 2.75) is 32.7 Å². The van der Waals surface area contributed by atoms with Crippen molar-refractivity contribution >= 4 is 69.6 Å². The second-order valence-corrected chi connectivity index (χ2v) is 8.79. The Morgan fingerprint density at radius 1 is 1.00 bits per heavy atom. The lowest BCUT2D eigenvalue weighted by Gasteiger charge is -2.34. The van der Waals surface area contributed by atoms with Crippen molar-refractivity contribution in [3.8, 4) is 0 Å². The van der Waals surface area contributed by atoms with Crippen molar-refractivity contribution in [1.82, 2.24) is 0 Å². The molecule has 1 saturated carbocycles. The molecular formula is C12H8Cl6O. The average Bonchev–Trinajstić information content (AvgIpc) is 3.06. The molecule has 104 valence electrons. The highest BCUT2D eigenvalue weighted by Gasteiger charge is 2.82. The lowest BCUT2D eigenvalue weighted by molar-refractivity contribution is 0.293. The molecule has 1 heterocycles. The SMILES string of the molecule is ClC1=C(Cl)C2(Cl)C3CC4OC4C=CC3C1(Cl)C2(Cl)Cl. The molecule has 4 aliphatic rings. The van der Waals surface area contributed by atoms with Crippen LogP contribution in [0.1, 0.15) is 6.42 Å². The summed E-state index contributed by atoms with van der Waals surface area (Å²) in [4.78, 5) is -2.33. The van der Waals surface area contributed by atoms with Crippen molar-refractivity contribution in [3.63, 3.8) is 0 Å². The normalized spacial score (nSPS) is 56.9. The van der Waals surface area contributed by atoms with Crippen LogP contribution in [0.2, 0.25) is 0 Å². The zero-order valence-electron chi connectivity index (χ0n) is 9.35. The van der Waals surface area contributed by atoms with Gasteiger partial charge in [-0.25, -0.2) is 0 Å². The van der Waals surface area contributed by atoms with Gasteiger partial charge in [0.05, 0.1) is 16.2 Å². The molecule has 0 amide bonds. The van der Waals surface area contributed by atoms with Gasteiger partial charge >= 0.3 is 0 Å². The van der Waals surface area contributed by atoms with E-state index in [1.54, 1.807) is 0 Å². The summed E-state index contributed by atoms with van der Waals surface area (Å²) in [5.74, 6) is -0.238. The first-order valence-corrected chi connectivity index (χ1v) is 8.18. The molecule has 4 rings (SSSR count). The first kappa shape index (κ1) is 13.8. The zero-order valence-corrected chi connectivity index (χ0v) is 13.9. The molecule has 19 heavy (non-hydrogen) atoms. The van der Waals surface area contributed by atoms with Crippen LogP contribution in [0.15, 0.2) is 22.2 Å². The van der Waals surface area contributed by atoms with E-state index in [0.29, 0.717) is 0 Å². The van der Waals surface area contributed by atoms with Gasteiger partial charge < -0.3 is 4.74 Å². The summed E-state index contributed by atoms with van der Waals surface area (Å²) in [6.45, 7) is 0. The van der Waals surface area contributed by atoms with E-state index in [1.165, 1.54) is 0 Å². The molecule has 6 atom stereocenters. The topological polar surface area (TPSA) is 12.5 Å². The van der Waals surface area contributed by atoms with E-state index in [0.717, 1.165) is 6.42 Å². The minimum absolute atomic E-state index is 0.0922. The van der Waals surface area contributed by atoms with Crippen LogP contribution in [0.4, 0.5) is 0 Å². The highest BCUT2D eigenvalue weighted by atomic mass is 35.5. The van der Waals surface area contributed by atoms with Crippen LogP contribution in [0.3, 0.4) is 0 Å². The molecule has 0 N–H and O–H groups in total. The van der Waals surface area contributed by atoms with Gasteiger partial charge in [0.25, 0.3) is 0 Å². The summed E-state index contributed by atoms with van der Waals surface area (Å²) in [5.41, 5.74) is 0. The maximum Gasteiger partial charge on any atom is 0.167 e. The number of fused-ring (bicyclic) bond motifs is 6. The molecule has 6 unspecified atom stereocenters. The number of allylic oxidation sites excluding steroid dienone is 3. The van der Waals surface area contributed by atoms with Gasteiger partial charge in [0.1, 0.15) is 15.9 Å². The van der Waals surface area contributed by atoms with Crippen molar-refractivity contribution in [2.75, 3.05) is 0 Å². The van der Waals surface area contributed by atoms with E-state index in [-0.39, 0.29) is 34.1 Å². The number of halogens is 6. The smallest absolute Gasteiger partial charge is 0.167 e. The van der Waals surface area contributed by atoms with Crippen molar-refractivity contribution in [1.29, 1.82) is 0 Å². The van der Waals surface area contributed by atoms with E-state index in [9.17, 15) is 0 Å². The number of rotatable bonds is 0. The third-order valence-electron chi connectivity index (χ3n) is 4.77. The molecule has 0 aromatic rings. The summed E-state index contributed by atoms with van der Waals surface area (Å²) in [6.07, 6.45) is 4.98. The van der Waals surface area contributed by atoms with Crippen molar-refractivity contribution in [2.24, 2.45) is 11.8 Å². The summed E-state index contributed by atoms with van der Waals surface area (Å²) < 4.78 is 4.07. The van der Waals surface area contributed by atoms with Crippen LogP contribution < -0.4 is 0 Å². The van der Waals surface area contributed by atoms with Crippen LogP contribution >= 0.6 is 69.6 Å². The molecule has 3 aliphatic carbocycles. The van der Waals surface area contributed by atoms with E-state index in [4.69, 9.17) is 74.3 Å². The van der Waals surface area contributed by atoms with Gasteiger partial charge in [-0.15, -0.1) is 23.2 Å². The maximum absolute atomic E-state index is 6.74. The fraction of sp³-hybridized carbons (Fsp3) is 0.667. The second kappa shape index (κ2) is 3.74. The quantitative estimate of drug-likeness (QED) is 0.334. The Hall–Kier alpha value is 1.18. The second-order valence-electron chi connectivity index (χ2n) is 5.52. The third-order valence-corrected chi connectivity index (χ3v) is 9.09. The van der Waals surface area contributed by atoms with Crippen LogP contribution in [0.25, 0.3) is 0 Å². The minimum Gasteiger partial charge on any atom is -0.365 e. The molecular weight excluding hydrogens is 373 g/mol. The summed E-state index contributed by atoms with van der Waals surface area (Å²) in [5, 5.41) is 0.530. The Balaban J connectivity index is 1.95. The molecule has 0 aromatic heterocycles. The van der Waals surface area contributed by atoms with Crippen LogP contribution in [-0.2, 0) is 4.74 Å². The van der Waals surface area contributed by atoms with Crippen LogP contribution in [-0.4, -0.2) is 26.3 Å². The maximum atomic E-state index is 6.74. The zero-order chi connectivity index (χ0) is 13.8. The first-order chi connectivity index (χ1) is 8.76. The predicted molar refractivity (Wildman–Crippen MR) is 79.7 cm³/mol. The van der Waals surface area contributed by atoms with Gasteiger partial charge in [-0.3, -0.25) is 0 Å². The van der Waals surface area contributed by atoms with Crippen molar-refractivity contribution < 1.29 is 4.74 Å². The Bertz CT molecular complexity index is 542. The van der Waals surface area contributed by atoms with Gasteiger partial charge in [-0.2, -0.15) is 0 Å². The number of hydrogen-bond acceptors (Lipinski definition) is 1. The molecule has 0 radical (unpaired) electrons. The average molecular weight is 381 g/mol. The highest BCUT2D eigenvalue weighted by molar-refractivity contribution is 6.65. The van der Waals surface area contributed by atoms with E-state index in [2.05, 4.69) is 0 Å². The summed E-state index contributed by atoms with van der Waals surface area (Å²) in [6, 6.07) is 0. The van der Waals surface area contributed by atoms with Gasteiger partial charge in [-0.1, -0.05) is 58.6 Å². The molecule has 0 aromatic carbocycles. The fourth-order valence-corrected chi connectivity index (χ4v) is 6.74. The Morgan fingerprint density at radius 2 is 1.63 bits per heavy atom. The molecule has 2 bridgehead atoms. The molecule has 1 aliphatic heterocycles. The molecule has 7 heteroatoms. The summed E-state index contributed by atoms with van der Waals surface area (Å²) in [7, 11) is 0. The largest absolute Gasteiger partial charge is 0.365 e. The van der Waals surface area contributed by atoms with E-state index in [1.807, 2.05) is 12.2 Å². The highest BCUT2D eigenvalue weighted by Crippen LogP contribution is 2.77. The lowest BCUT2D eigenvalue weighted by Crippen LogP contribution is -2.44. The van der Waals surface area contributed by atoms with Gasteiger partial charge in [0.2, 0.25) is 0 Å². The number of hydrogen-bond donors (Lipinski definition) is 0. The monoisotopic (exact) mass is 378 g/mol. The molecule has 0 spiro atoms. The van der Waals surface area contributed by atoms with Crippen LogP contribution in [0.5, 0.6) is 0 Å². The minimum atomic E-state index is -1.45. The molecule has 1 saturated heterocycles. The molecule has 1 nitrogen and oxygen atoms in total. The Kier molecular flexibility index (Phi) is 2.72. The summed E-state index contributed by atoms with van der Waals surface area (Å²) >= 11 is 39.1. The first-order valence-electron chi connectivity index (χ1n) is 5.92. The van der Waals surface area contributed by atoms with Gasteiger partial charge in [0, 0.05) is 5.92 Å². The van der Waals surface area contributed by atoms with E-state index >= 15 is 0 Å². The van der Waals surface area contributed by atoms with E-state index < -0.39 is 14.1 Å². The molecule has 2 fully saturated rings. The van der Waals surface area contributed by atoms with Gasteiger partial charge in [0.15, 0.2) is 4.33 Å². The standard InChI is InChI=1S/C12H8Cl6O/c13-8-9(14)11(16)5-3-7-6(19-7)2-1-4(5)10(8,15)12(11,17)18/h1-2,4-7H,3H2. The number of epoxide rings is 1.